The third-order valence-corrected chi connectivity index (χ3v) is 5.36. The Hall–Kier alpha value is -2.83. The van der Waals surface area contributed by atoms with Crippen LogP contribution in [0, 0.1) is 5.41 Å². The van der Waals surface area contributed by atoms with Gasteiger partial charge in [-0.3, -0.25) is 9.59 Å². The van der Waals surface area contributed by atoms with E-state index >= 15 is 0 Å². The number of ether oxygens (including phenoxy) is 1. The Bertz CT molecular complexity index is 934. The van der Waals surface area contributed by atoms with Gasteiger partial charge in [0.1, 0.15) is 11.6 Å². The number of hydrogen-bond acceptors (Lipinski definition) is 4. The number of hydrogen-bond donors (Lipinski definition) is 1. The van der Waals surface area contributed by atoms with Crippen molar-refractivity contribution in [2.45, 2.75) is 73.1 Å². The molecule has 0 bridgehead atoms. The van der Waals surface area contributed by atoms with Crippen molar-refractivity contribution in [3.63, 3.8) is 0 Å². The standard InChI is InChI=1S/C26H40N4O3/c1-9-10-11-16-29(24(32)26(5,6)7)18-23(31)27-22-17-21(25(2,3)4)28-30(22)19-12-14-20(33-8)15-13-19/h12-15,17H,9-11,16,18H2,1-8H3,(H,27,31). The molecule has 7 heteroatoms. The van der Waals surface area contributed by atoms with Crippen molar-refractivity contribution >= 4 is 17.6 Å². The molecule has 1 aromatic heterocycles. The minimum absolute atomic E-state index is 0.0124. The van der Waals surface area contributed by atoms with Crippen molar-refractivity contribution in [2.24, 2.45) is 5.41 Å². The van der Waals surface area contributed by atoms with Gasteiger partial charge in [-0.05, 0) is 30.7 Å². The van der Waals surface area contributed by atoms with Gasteiger partial charge in [-0.15, -0.1) is 0 Å². The van der Waals surface area contributed by atoms with Crippen LogP contribution in [-0.2, 0) is 15.0 Å². The zero-order chi connectivity index (χ0) is 24.8. The molecule has 1 N–H and O–H groups in total. The Labute approximate surface area is 198 Å². The minimum atomic E-state index is -0.545. The summed E-state index contributed by atoms with van der Waals surface area (Å²) in [6.45, 7) is 14.6. The maximum atomic E-state index is 13.1. The van der Waals surface area contributed by atoms with Crippen LogP contribution < -0.4 is 10.1 Å². The zero-order valence-electron chi connectivity index (χ0n) is 21.5. The van der Waals surface area contributed by atoms with E-state index in [0.29, 0.717) is 12.4 Å². The van der Waals surface area contributed by atoms with Crippen LogP contribution in [-0.4, -0.2) is 46.7 Å². The highest BCUT2D eigenvalue weighted by Crippen LogP contribution is 2.27. The molecule has 1 aromatic carbocycles. The number of carbonyl (C=O) groups excluding carboxylic acids is 2. The number of benzene rings is 1. The predicted octanol–water partition coefficient (Wildman–Crippen LogP) is 5.18. The molecule has 0 saturated carbocycles. The van der Waals surface area contributed by atoms with Crippen molar-refractivity contribution in [1.29, 1.82) is 0 Å². The van der Waals surface area contributed by atoms with Crippen LogP contribution in [0.5, 0.6) is 5.75 Å². The zero-order valence-corrected chi connectivity index (χ0v) is 21.5. The van der Waals surface area contributed by atoms with Gasteiger partial charge in [0.05, 0.1) is 25.0 Å². The average Bonchev–Trinajstić information content (AvgIpc) is 3.16. The molecule has 0 fully saturated rings. The molecule has 0 aliphatic carbocycles. The van der Waals surface area contributed by atoms with Gasteiger partial charge in [-0.2, -0.15) is 5.10 Å². The summed E-state index contributed by atoms with van der Waals surface area (Å²) in [4.78, 5) is 27.7. The Morgan fingerprint density at radius 2 is 1.70 bits per heavy atom. The highest BCUT2D eigenvalue weighted by Gasteiger charge is 2.29. The van der Waals surface area contributed by atoms with E-state index in [1.807, 2.05) is 51.1 Å². The monoisotopic (exact) mass is 456 g/mol. The summed E-state index contributed by atoms with van der Waals surface area (Å²) in [6, 6.07) is 9.41. The molecule has 2 amide bonds. The van der Waals surface area contributed by atoms with Gasteiger partial charge in [0.15, 0.2) is 0 Å². The van der Waals surface area contributed by atoms with Gasteiger partial charge in [0.25, 0.3) is 0 Å². The molecule has 7 nitrogen and oxygen atoms in total. The fourth-order valence-electron chi connectivity index (χ4n) is 3.39. The molecule has 0 radical (unpaired) electrons. The second-order valence-electron chi connectivity index (χ2n) is 10.5. The van der Waals surface area contributed by atoms with Gasteiger partial charge in [-0.1, -0.05) is 61.3 Å². The largest absolute Gasteiger partial charge is 0.497 e. The summed E-state index contributed by atoms with van der Waals surface area (Å²) < 4.78 is 6.98. The second-order valence-corrected chi connectivity index (χ2v) is 10.5. The number of aromatic nitrogens is 2. The van der Waals surface area contributed by atoms with Crippen LogP contribution in [0.3, 0.4) is 0 Å². The summed E-state index contributed by atoms with van der Waals surface area (Å²) in [6.07, 6.45) is 2.96. The number of unbranched alkanes of at least 4 members (excludes halogenated alkanes) is 2. The molecule has 2 rings (SSSR count). The molecule has 0 spiro atoms. The normalized spacial score (nSPS) is 11.9. The van der Waals surface area contributed by atoms with Crippen LogP contribution in [0.25, 0.3) is 5.69 Å². The van der Waals surface area contributed by atoms with Crippen LogP contribution in [0.1, 0.15) is 73.4 Å². The van der Waals surface area contributed by atoms with Gasteiger partial charge < -0.3 is 15.0 Å². The maximum Gasteiger partial charge on any atom is 0.245 e. The van der Waals surface area contributed by atoms with Crippen LogP contribution >= 0.6 is 0 Å². The Morgan fingerprint density at radius 3 is 2.21 bits per heavy atom. The first kappa shape index (κ1) is 26.4. The van der Waals surface area contributed by atoms with E-state index in [2.05, 4.69) is 33.0 Å². The number of nitrogens with one attached hydrogen (secondary N) is 1. The first-order valence-corrected chi connectivity index (χ1v) is 11.7. The fourth-order valence-corrected chi connectivity index (χ4v) is 3.39. The van der Waals surface area contributed by atoms with Gasteiger partial charge in [0.2, 0.25) is 11.8 Å². The SMILES string of the molecule is CCCCCN(CC(=O)Nc1cc(C(C)(C)C)nn1-c1ccc(OC)cc1)C(=O)C(C)(C)C. The first-order chi connectivity index (χ1) is 15.4. The number of nitrogens with zero attached hydrogens (tertiary/aromatic N) is 3. The maximum absolute atomic E-state index is 13.1. The van der Waals surface area contributed by atoms with Crippen LogP contribution in [0.4, 0.5) is 5.82 Å². The highest BCUT2D eigenvalue weighted by atomic mass is 16.5. The number of anilines is 1. The lowest BCUT2D eigenvalue weighted by Gasteiger charge is -2.29. The lowest BCUT2D eigenvalue weighted by atomic mass is 9.92. The summed E-state index contributed by atoms with van der Waals surface area (Å²) >= 11 is 0. The van der Waals surface area contributed by atoms with Gasteiger partial charge >= 0.3 is 0 Å². The molecule has 2 aromatic rings. The van der Waals surface area contributed by atoms with Crippen molar-refractivity contribution in [3.8, 4) is 11.4 Å². The van der Waals surface area contributed by atoms with Gasteiger partial charge in [0, 0.05) is 23.4 Å². The van der Waals surface area contributed by atoms with Crippen molar-refractivity contribution in [1.82, 2.24) is 14.7 Å². The number of amides is 2. The number of rotatable bonds is 9. The van der Waals surface area contributed by atoms with Crippen molar-refractivity contribution in [2.75, 3.05) is 25.5 Å². The van der Waals surface area contributed by atoms with E-state index in [1.165, 1.54) is 0 Å². The molecular weight excluding hydrogens is 416 g/mol. The van der Waals surface area contributed by atoms with E-state index in [1.54, 1.807) is 16.7 Å². The predicted molar refractivity (Wildman–Crippen MR) is 133 cm³/mol. The van der Waals surface area contributed by atoms with Crippen LogP contribution in [0.15, 0.2) is 30.3 Å². The fraction of sp³-hybridized carbons (Fsp3) is 0.577. The summed E-state index contributed by atoms with van der Waals surface area (Å²) in [5.41, 5.74) is 0.939. The minimum Gasteiger partial charge on any atom is -0.497 e. The Balaban J connectivity index is 2.29. The summed E-state index contributed by atoms with van der Waals surface area (Å²) in [7, 11) is 1.62. The molecule has 0 saturated heterocycles. The van der Waals surface area contributed by atoms with Gasteiger partial charge in [-0.25, -0.2) is 4.68 Å². The molecular formula is C26H40N4O3. The molecule has 182 valence electrons. The molecule has 0 atom stereocenters. The molecule has 33 heavy (non-hydrogen) atoms. The van der Waals surface area contributed by atoms with Crippen LogP contribution in [0.2, 0.25) is 0 Å². The summed E-state index contributed by atoms with van der Waals surface area (Å²) in [5, 5.41) is 7.75. The molecule has 0 unspecified atom stereocenters. The Morgan fingerprint density at radius 1 is 1.06 bits per heavy atom. The first-order valence-electron chi connectivity index (χ1n) is 11.7. The third kappa shape index (κ3) is 7.34. The number of carbonyl (C=O) groups is 2. The van der Waals surface area contributed by atoms with E-state index < -0.39 is 5.41 Å². The third-order valence-electron chi connectivity index (χ3n) is 5.36. The topological polar surface area (TPSA) is 76.5 Å². The van der Waals surface area contributed by atoms with Crippen molar-refractivity contribution < 1.29 is 14.3 Å². The highest BCUT2D eigenvalue weighted by molar-refractivity contribution is 5.95. The Kier molecular flexibility index (Phi) is 8.69. The molecule has 0 aliphatic rings. The van der Waals surface area contributed by atoms with E-state index in [-0.39, 0.29) is 23.8 Å². The van der Waals surface area contributed by atoms with E-state index in [0.717, 1.165) is 36.4 Å². The van der Waals surface area contributed by atoms with E-state index in [9.17, 15) is 9.59 Å². The molecule has 0 aliphatic heterocycles. The lowest BCUT2D eigenvalue weighted by Crippen LogP contribution is -2.44. The lowest BCUT2D eigenvalue weighted by molar-refractivity contribution is -0.141. The quantitative estimate of drug-likeness (QED) is 0.527. The summed E-state index contributed by atoms with van der Waals surface area (Å²) in [5.74, 6) is 1.06. The second kappa shape index (κ2) is 10.9. The number of methoxy groups -OCH3 is 1. The van der Waals surface area contributed by atoms with Crippen molar-refractivity contribution in [3.05, 3.63) is 36.0 Å². The average molecular weight is 457 g/mol. The van der Waals surface area contributed by atoms with E-state index in [4.69, 9.17) is 9.84 Å². The smallest absolute Gasteiger partial charge is 0.245 e. The molecule has 1 heterocycles.